The summed E-state index contributed by atoms with van der Waals surface area (Å²) in [7, 11) is 1.64. The number of nitrogens with two attached hydrogens (primary N) is 1. The molecule has 0 saturated carbocycles. The molecule has 0 radical (unpaired) electrons. The van der Waals surface area contributed by atoms with E-state index >= 15 is 0 Å². The predicted octanol–water partition coefficient (Wildman–Crippen LogP) is 4.48. The first-order valence-corrected chi connectivity index (χ1v) is 8.98. The van der Waals surface area contributed by atoms with Crippen LogP contribution in [0.25, 0.3) is 17.1 Å². The zero-order chi connectivity index (χ0) is 19.8. The Labute approximate surface area is 161 Å². The Morgan fingerprint density at radius 3 is 2.74 bits per heavy atom. The highest BCUT2D eigenvalue weighted by Gasteiger charge is 2.14. The highest BCUT2D eigenvalue weighted by atomic mass is 16.5. The van der Waals surface area contributed by atoms with Gasteiger partial charge in [-0.1, -0.05) is 42.5 Å². The molecule has 0 amide bonds. The molecule has 142 valence electrons. The van der Waals surface area contributed by atoms with Crippen LogP contribution < -0.4 is 10.5 Å². The molecular formula is C22H28N4O. The van der Waals surface area contributed by atoms with Gasteiger partial charge in [0.25, 0.3) is 0 Å². The Morgan fingerprint density at radius 1 is 1.33 bits per heavy atom. The van der Waals surface area contributed by atoms with E-state index < -0.39 is 0 Å². The molecule has 1 unspecified atom stereocenters. The van der Waals surface area contributed by atoms with Crippen LogP contribution in [-0.4, -0.2) is 28.9 Å². The fourth-order valence-corrected chi connectivity index (χ4v) is 2.86. The lowest BCUT2D eigenvalue weighted by atomic mass is 10.1. The maximum atomic E-state index is 7.51. The van der Waals surface area contributed by atoms with Crippen LogP contribution in [0, 0.1) is 5.41 Å². The zero-order valence-electron chi connectivity index (χ0n) is 16.3. The summed E-state index contributed by atoms with van der Waals surface area (Å²) in [6.45, 7) is 8.62. The number of nitrogens with zero attached hydrogens (tertiary/aromatic N) is 2. The van der Waals surface area contributed by atoms with Crippen LogP contribution >= 0.6 is 0 Å². The molecule has 0 saturated heterocycles. The summed E-state index contributed by atoms with van der Waals surface area (Å²) < 4.78 is 7.66. The average Bonchev–Trinajstić information content (AvgIpc) is 3.01. The molecule has 1 heterocycles. The number of imidazole rings is 1. The Bertz CT molecular complexity index is 903. The minimum absolute atomic E-state index is 0.119. The third kappa shape index (κ3) is 4.83. The molecule has 0 fully saturated rings. The number of hydrogen-bond acceptors (Lipinski definition) is 4. The van der Waals surface area contributed by atoms with E-state index in [9.17, 15) is 0 Å². The summed E-state index contributed by atoms with van der Waals surface area (Å²) in [5.41, 5.74) is 9.50. The Hall–Kier alpha value is -2.92. The number of methoxy groups -OCH3 is 1. The van der Waals surface area contributed by atoms with Gasteiger partial charge in [0, 0.05) is 18.8 Å². The summed E-state index contributed by atoms with van der Waals surface area (Å²) in [5, 5.41) is 7.51. The molecule has 27 heavy (non-hydrogen) atoms. The van der Waals surface area contributed by atoms with Gasteiger partial charge in [-0.3, -0.25) is 0 Å². The number of rotatable bonds is 9. The maximum Gasteiger partial charge on any atom is 0.145 e. The Morgan fingerprint density at radius 2 is 2.11 bits per heavy atom. The molecule has 2 aromatic rings. The molecule has 5 nitrogen and oxygen atoms in total. The minimum Gasteiger partial charge on any atom is -0.494 e. The number of allylic oxidation sites excluding steroid dienone is 4. The third-order valence-electron chi connectivity index (χ3n) is 4.27. The third-order valence-corrected chi connectivity index (χ3v) is 4.27. The van der Waals surface area contributed by atoms with Crippen LogP contribution in [0.1, 0.15) is 31.7 Å². The summed E-state index contributed by atoms with van der Waals surface area (Å²) in [6.07, 6.45) is 14.0. The molecular weight excluding hydrogens is 336 g/mol. The van der Waals surface area contributed by atoms with Gasteiger partial charge in [-0.15, -0.1) is 0 Å². The molecule has 2 rings (SSSR count). The summed E-state index contributed by atoms with van der Waals surface area (Å²) >= 11 is 0. The highest BCUT2D eigenvalue weighted by molar-refractivity contribution is 5.91. The van der Waals surface area contributed by atoms with Crippen molar-refractivity contribution in [3.8, 4) is 5.75 Å². The Balaban J connectivity index is 2.33. The molecule has 5 heteroatoms. The fourth-order valence-electron chi connectivity index (χ4n) is 2.86. The first-order chi connectivity index (χ1) is 13.0. The molecule has 1 atom stereocenters. The second-order valence-electron chi connectivity index (χ2n) is 6.20. The van der Waals surface area contributed by atoms with Gasteiger partial charge in [0.15, 0.2) is 0 Å². The van der Waals surface area contributed by atoms with Crippen LogP contribution in [-0.2, 0) is 6.54 Å². The lowest BCUT2D eigenvalue weighted by Gasteiger charge is -2.09. The van der Waals surface area contributed by atoms with Gasteiger partial charge in [-0.05, 0) is 44.0 Å². The smallest absolute Gasteiger partial charge is 0.145 e. The predicted molar refractivity (Wildman–Crippen MR) is 115 cm³/mol. The summed E-state index contributed by atoms with van der Waals surface area (Å²) in [6, 6.07) is 3.64. The number of aromatic nitrogens is 2. The molecule has 1 aromatic heterocycles. The van der Waals surface area contributed by atoms with Crippen LogP contribution in [0.2, 0.25) is 0 Å². The van der Waals surface area contributed by atoms with E-state index in [0.29, 0.717) is 12.3 Å². The van der Waals surface area contributed by atoms with Gasteiger partial charge in [0.1, 0.15) is 17.1 Å². The standard InChI is InChI=1S/C22H28N4O/c1-5-9-18(24)16(3)11-7-8-12-26-21(10-6-2)25-19-13-17(15-23)14-20(27-4)22(19)26/h5-10,13-15,18,23H,3,11-12,24H2,1-2,4H3/b8-7+,9-5+,10-6+,23-15?. The van der Waals surface area contributed by atoms with Crippen LogP contribution in [0.15, 0.2) is 54.7 Å². The van der Waals surface area contributed by atoms with Crippen LogP contribution in [0.4, 0.5) is 0 Å². The van der Waals surface area contributed by atoms with E-state index in [0.717, 1.165) is 34.4 Å². The number of hydrogen-bond donors (Lipinski definition) is 2. The Kier molecular flexibility index (Phi) is 7.32. The van der Waals surface area contributed by atoms with Crippen molar-refractivity contribution < 1.29 is 4.74 Å². The zero-order valence-corrected chi connectivity index (χ0v) is 16.3. The topological polar surface area (TPSA) is 76.9 Å². The molecule has 0 spiro atoms. The summed E-state index contributed by atoms with van der Waals surface area (Å²) in [5.74, 6) is 1.56. The van der Waals surface area contributed by atoms with Crippen molar-refractivity contribution in [2.45, 2.75) is 32.9 Å². The van der Waals surface area contributed by atoms with Crippen LogP contribution in [0.3, 0.4) is 0 Å². The fraction of sp³-hybridized carbons (Fsp3) is 0.273. The van der Waals surface area contributed by atoms with E-state index in [1.54, 1.807) is 7.11 Å². The van der Waals surface area contributed by atoms with Gasteiger partial charge >= 0.3 is 0 Å². The lowest BCUT2D eigenvalue weighted by molar-refractivity contribution is 0.417. The molecule has 0 aliphatic carbocycles. The average molecular weight is 364 g/mol. The SMILES string of the molecule is C=C(C/C=C/Cn1c(/C=C/C)nc2cc(C=N)cc(OC)c21)C(N)/C=C/C. The monoisotopic (exact) mass is 364 g/mol. The van der Waals surface area contributed by atoms with E-state index in [-0.39, 0.29) is 6.04 Å². The highest BCUT2D eigenvalue weighted by Crippen LogP contribution is 2.29. The van der Waals surface area contributed by atoms with E-state index in [1.807, 2.05) is 50.3 Å². The quantitative estimate of drug-likeness (QED) is 0.509. The van der Waals surface area contributed by atoms with E-state index in [1.165, 1.54) is 6.21 Å². The van der Waals surface area contributed by atoms with Gasteiger partial charge in [0.2, 0.25) is 0 Å². The molecule has 0 bridgehead atoms. The second-order valence-corrected chi connectivity index (χ2v) is 6.20. The molecule has 0 aliphatic rings. The minimum atomic E-state index is -0.119. The van der Waals surface area contributed by atoms with Crippen molar-refractivity contribution in [3.63, 3.8) is 0 Å². The number of benzene rings is 1. The van der Waals surface area contributed by atoms with Crippen molar-refractivity contribution in [1.82, 2.24) is 9.55 Å². The largest absolute Gasteiger partial charge is 0.494 e. The van der Waals surface area contributed by atoms with E-state index in [2.05, 4.69) is 23.3 Å². The van der Waals surface area contributed by atoms with Gasteiger partial charge in [-0.2, -0.15) is 0 Å². The number of nitrogens with one attached hydrogen (secondary N) is 1. The van der Waals surface area contributed by atoms with Gasteiger partial charge < -0.3 is 20.4 Å². The van der Waals surface area contributed by atoms with Crippen molar-refractivity contribution >= 4 is 23.3 Å². The number of ether oxygens (including phenoxy) is 1. The summed E-state index contributed by atoms with van der Waals surface area (Å²) in [4.78, 5) is 4.70. The van der Waals surface area contributed by atoms with Gasteiger partial charge in [-0.25, -0.2) is 4.98 Å². The molecule has 1 aromatic carbocycles. The van der Waals surface area contributed by atoms with Crippen molar-refractivity contribution in [3.05, 3.63) is 66.1 Å². The van der Waals surface area contributed by atoms with E-state index in [4.69, 9.17) is 20.9 Å². The normalized spacial score (nSPS) is 13.2. The van der Waals surface area contributed by atoms with Crippen LogP contribution in [0.5, 0.6) is 5.75 Å². The molecule has 0 aliphatic heterocycles. The van der Waals surface area contributed by atoms with Crippen molar-refractivity contribution in [1.29, 1.82) is 5.41 Å². The maximum absolute atomic E-state index is 7.51. The molecule has 3 N–H and O–H groups in total. The van der Waals surface area contributed by atoms with Gasteiger partial charge in [0.05, 0.1) is 12.6 Å². The first kappa shape index (κ1) is 20.4. The first-order valence-electron chi connectivity index (χ1n) is 8.98. The van der Waals surface area contributed by atoms with Crippen molar-refractivity contribution in [2.75, 3.05) is 7.11 Å². The lowest BCUT2D eigenvalue weighted by Crippen LogP contribution is -2.18. The number of fused-ring (bicyclic) bond motifs is 1. The second kappa shape index (κ2) is 9.69. The van der Waals surface area contributed by atoms with Crippen molar-refractivity contribution in [2.24, 2.45) is 5.73 Å².